The van der Waals surface area contributed by atoms with Crippen molar-refractivity contribution >= 4 is 40.5 Å². The fraction of sp³-hybridized carbons (Fsp3) is 0.182. The quantitative estimate of drug-likeness (QED) is 0.725. The van der Waals surface area contributed by atoms with E-state index in [1.54, 1.807) is 0 Å². The van der Waals surface area contributed by atoms with E-state index < -0.39 is 0 Å². The van der Waals surface area contributed by atoms with Crippen LogP contribution in [0.25, 0.3) is 5.95 Å². The summed E-state index contributed by atoms with van der Waals surface area (Å²) in [6, 6.07) is 3.82. The molecule has 0 amide bonds. The van der Waals surface area contributed by atoms with Crippen molar-refractivity contribution in [2.75, 3.05) is 11.9 Å². The maximum atomic E-state index is 5.95. The fourth-order valence-electron chi connectivity index (χ4n) is 1.66. The molecule has 0 aliphatic carbocycles. The van der Waals surface area contributed by atoms with Gasteiger partial charge in [-0.1, -0.05) is 11.6 Å². The third-order valence-electron chi connectivity index (χ3n) is 2.57. The van der Waals surface area contributed by atoms with E-state index in [4.69, 9.17) is 23.2 Å². The van der Waals surface area contributed by atoms with Crippen molar-refractivity contribution in [3.63, 3.8) is 0 Å². The average molecular weight is 342 g/mol. The number of anilines is 1. The van der Waals surface area contributed by atoms with Crippen LogP contribution in [0.4, 0.5) is 5.95 Å². The third kappa shape index (κ3) is 3.29. The summed E-state index contributed by atoms with van der Waals surface area (Å²) in [6.07, 6.45) is 2.89. The molecule has 0 radical (unpaired) electrons. The minimum atomic E-state index is 0.0987. The van der Waals surface area contributed by atoms with Crippen molar-refractivity contribution in [3.05, 3.63) is 39.3 Å². The average Bonchev–Trinajstić information content (AvgIpc) is 3.10. The molecule has 3 heterocycles. The first kappa shape index (κ1) is 14.2. The Morgan fingerprint density at radius 3 is 2.76 bits per heavy atom. The summed E-state index contributed by atoms with van der Waals surface area (Å²) in [5.41, 5.74) is 0. The molecule has 3 rings (SSSR count). The Bertz CT molecular complexity index is 743. The molecule has 0 aromatic carbocycles. The van der Waals surface area contributed by atoms with E-state index in [0.717, 1.165) is 9.21 Å². The van der Waals surface area contributed by atoms with Gasteiger partial charge in [-0.25, -0.2) is 4.98 Å². The molecular formula is C11H9Cl2N7S. The molecule has 21 heavy (non-hydrogen) atoms. The fourth-order valence-corrected chi connectivity index (χ4v) is 2.95. The van der Waals surface area contributed by atoms with Crippen LogP contribution >= 0.6 is 34.5 Å². The molecule has 3 aromatic rings. The Morgan fingerprint density at radius 2 is 2.10 bits per heavy atom. The molecule has 0 bridgehead atoms. The van der Waals surface area contributed by atoms with Crippen LogP contribution in [0.2, 0.25) is 9.62 Å². The van der Waals surface area contributed by atoms with E-state index in [-0.39, 0.29) is 5.28 Å². The second-order valence-corrected chi connectivity index (χ2v) is 6.24. The van der Waals surface area contributed by atoms with Crippen molar-refractivity contribution in [1.29, 1.82) is 0 Å². The molecule has 108 valence electrons. The Kier molecular flexibility index (Phi) is 4.00. The second kappa shape index (κ2) is 5.92. The molecule has 0 unspecified atom stereocenters. The van der Waals surface area contributed by atoms with Crippen molar-refractivity contribution in [3.8, 4) is 5.95 Å². The van der Waals surface area contributed by atoms with Gasteiger partial charge in [0.25, 0.3) is 5.95 Å². The first-order valence-electron chi connectivity index (χ1n) is 5.84. The van der Waals surface area contributed by atoms with Gasteiger partial charge in [-0.05, 0) is 23.7 Å². The Hall–Kier alpha value is -1.77. The van der Waals surface area contributed by atoms with E-state index in [1.807, 2.05) is 24.1 Å². The van der Waals surface area contributed by atoms with Gasteiger partial charge in [-0.2, -0.15) is 24.7 Å². The summed E-state index contributed by atoms with van der Waals surface area (Å²) in [5.74, 6) is 0.767. The zero-order valence-electron chi connectivity index (χ0n) is 10.8. The monoisotopic (exact) mass is 341 g/mol. The standard InChI is InChI=1S/C11H9Cl2N7S/c1-19(4-7-2-3-8(12)21-7)10-16-9(13)17-11(18-10)20-6-14-5-15-20/h2-3,5-6H,4H2,1H3. The zero-order valence-corrected chi connectivity index (χ0v) is 13.1. The second-order valence-electron chi connectivity index (χ2n) is 4.11. The minimum Gasteiger partial charge on any atom is -0.339 e. The lowest BCUT2D eigenvalue weighted by Crippen LogP contribution is -2.20. The molecule has 0 fully saturated rings. The Morgan fingerprint density at radius 1 is 1.24 bits per heavy atom. The summed E-state index contributed by atoms with van der Waals surface area (Å²) in [5, 5.41) is 4.07. The molecule has 0 saturated heterocycles. The van der Waals surface area contributed by atoms with Crippen LogP contribution in [0.1, 0.15) is 4.88 Å². The van der Waals surface area contributed by atoms with Crippen LogP contribution in [-0.4, -0.2) is 36.8 Å². The van der Waals surface area contributed by atoms with Gasteiger partial charge in [0.1, 0.15) is 12.7 Å². The van der Waals surface area contributed by atoms with E-state index in [2.05, 4.69) is 25.0 Å². The number of hydrogen-bond acceptors (Lipinski definition) is 7. The lowest BCUT2D eigenvalue weighted by atomic mass is 10.4. The molecule has 0 aliphatic rings. The van der Waals surface area contributed by atoms with E-state index >= 15 is 0 Å². The van der Waals surface area contributed by atoms with Gasteiger partial charge in [0.2, 0.25) is 11.2 Å². The van der Waals surface area contributed by atoms with Crippen LogP contribution in [-0.2, 0) is 6.54 Å². The van der Waals surface area contributed by atoms with Crippen LogP contribution in [0.3, 0.4) is 0 Å². The van der Waals surface area contributed by atoms with Crippen molar-refractivity contribution in [2.45, 2.75) is 6.54 Å². The third-order valence-corrected chi connectivity index (χ3v) is 3.96. The summed E-state index contributed by atoms with van der Waals surface area (Å²) in [7, 11) is 1.87. The number of rotatable bonds is 4. The number of halogens is 2. The topological polar surface area (TPSA) is 72.6 Å². The van der Waals surface area contributed by atoms with Gasteiger partial charge in [0, 0.05) is 11.9 Å². The van der Waals surface area contributed by atoms with Crippen LogP contribution in [0, 0.1) is 0 Å². The Labute approximate surface area is 134 Å². The highest BCUT2D eigenvalue weighted by Crippen LogP contribution is 2.23. The highest BCUT2D eigenvalue weighted by Gasteiger charge is 2.12. The first-order valence-corrected chi connectivity index (χ1v) is 7.41. The van der Waals surface area contributed by atoms with Crippen LogP contribution in [0.15, 0.2) is 24.8 Å². The van der Waals surface area contributed by atoms with Gasteiger partial charge < -0.3 is 4.90 Å². The predicted molar refractivity (Wildman–Crippen MR) is 81.2 cm³/mol. The molecule has 0 spiro atoms. The highest BCUT2D eigenvalue weighted by molar-refractivity contribution is 7.16. The van der Waals surface area contributed by atoms with Gasteiger partial charge in [-0.3, -0.25) is 0 Å². The predicted octanol–water partition coefficient (Wildman–Crippen LogP) is 2.46. The van der Waals surface area contributed by atoms with Crippen LogP contribution in [0.5, 0.6) is 0 Å². The first-order chi connectivity index (χ1) is 10.1. The number of thiophene rings is 1. The zero-order chi connectivity index (χ0) is 14.8. The summed E-state index contributed by atoms with van der Waals surface area (Å²) in [6.45, 7) is 0.620. The molecule has 0 atom stereocenters. The molecular weight excluding hydrogens is 333 g/mol. The van der Waals surface area contributed by atoms with E-state index in [1.165, 1.54) is 28.7 Å². The normalized spacial score (nSPS) is 10.8. The number of nitrogens with zero attached hydrogens (tertiary/aromatic N) is 7. The smallest absolute Gasteiger partial charge is 0.258 e. The minimum absolute atomic E-state index is 0.0987. The van der Waals surface area contributed by atoms with Crippen molar-refractivity contribution < 1.29 is 0 Å². The number of hydrogen-bond donors (Lipinski definition) is 0. The maximum Gasteiger partial charge on any atom is 0.258 e. The van der Waals surface area contributed by atoms with Gasteiger partial charge >= 0.3 is 0 Å². The number of aromatic nitrogens is 6. The van der Waals surface area contributed by atoms with Crippen LogP contribution < -0.4 is 4.90 Å². The lowest BCUT2D eigenvalue weighted by molar-refractivity contribution is 0.774. The molecule has 7 nitrogen and oxygen atoms in total. The summed E-state index contributed by atoms with van der Waals surface area (Å²) in [4.78, 5) is 19.3. The van der Waals surface area contributed by atoms with Crippen molar-refractivity contribution in [1.82, 2.24) is 29.7 Å². The largest absolute Gasteiger partial charge is 0.339 e. The summed E-state index contributed by atoms with van der Waals surface area (Å²) >= 11 is 13.4. The van der Waals surface area contributed by atoms with E-state index in [9.17, 15) is 0 Å². The van der Waals surface area contributed by atoms with Gasteiger partial charge in [-0.15, -0.1) is 11.3 Å². The van der Waals surface area contributed by atoms with E-state index in [0.29, 0.717) is 18.4 Å². The molecule has 0 saturated carbocycles. The van der Waals surface area contributed by atoms with Crippen molar-refractivity contribution in [2.24, 2.45) is 0 Å². The summed E-state index contributed by atoms with van der Waals surface area (Å²) < 4.78 is 2.17. The highest BCUT2D eigenvalue weighted by atomic mass is 35.5. The van der Waals surface area contributed by atoms with Gasteiger partial charge in [0.05, 0.1) is 10.9 Å². The molecule has 3 aromatic heterocycles. The molecule has 0 aliphatic heterocycles. The van der Waals surface area contributed by atoms with Gasteiger partial charge in [0.15, 0.2) is 0 Å². The Balaban J connectivity index is 1.87. The molecule has 0 N–H and O–H groups in total. The maximum absolute atomic E-state index is 5.95. The molecule has 10 heteroatoms. The SMILES string of the molecule is CN(Cc1ccc(Cl)s1)c1nc(Cl)nc(-n2cncn2)n1. The lowest BCUT2D eigenvalue weighted by Gasteiger charge is -2.16.